The minimum absolute atomic E-state index is 0.261. The molecule has 0 amide bonds. The zero-order valence-electron chi connectivity index (χ0n) is 9.37. The summed E-state index contributed by atoms with van der Waals surface area (Å²) in [6, 6.07) is 5.68. The van der Waals surface area contributed by atoms with E-state index in [2.05, 4.69) is 17.5 Å². The van der Waals surface area contributed by atoms with Crippen LogP contribution in [0.25, 0.3) is 0 Å². The third-order valence-corrected chi connectivity index (χ3v) is 2.85. The Labute approximate surface area is 95.1 Å². The van der Waals surface area contributed by atoms with Gasteiger partial charge in [0.05, 0.1) is 7.11 Å². The van der Waals surface area contributed by atoms with Crippen LogP contribution in [0.15, 0.2) is 30.4 Å². The molecule has 0 aliphatic heterocycles. The molecule has 0 bridgehead atoms. The second-order valence-corrected chi connectivity index (χ2v) is 3.95. The molecule has 2 rings (SSSR count). The molecule has 0 atom stereocenters. The van der Waals surface area contributed by atoms with Gasteiger partial charge in [0.2, 0.25) is 0 Å². The first-order chi connectivity index (χ1) is 7.81. The molecule has 0 saturated carbocycles. The maximum atomic E-state index is 13.8. The molecular formula is C13H16FNO. The molecule has 3 heteroatoms. The first-order valence-corrected chi connectivity index (χ1v) is 5.51. The van der Waals surface area contributed by atoms with Crippen LogP contribution in [0.1, 0.15) is 18.4 Å². The fourth-order valence-electron chi connectivity index (χ4n) is 1.89. The van der Waals surface area contributed by atoms with Crippen molar-refractivity contribution in [3.8, 4) is 5.75 Å². The Bertz CT molecular complexity index is 382. The molecule has 1 aromatic carbocycles. The summed E-state index contributed by atoms with van der Waals surface area (Å²) in [7, 11) is 1.48. The number of hydrogen-bond acceptors (Lipinski definition) is 2. The van der Waals surface area contributed by atoms with Crippen LogP contribution in [0.5, 0.6) is 5.75 Å². The molecule has 2 nitrogen and oxygen atoms in total. The van der Waals surface area contributed by atoms with Crippen LogP contribution in [0.4, 0.5) is 4.39 Å². The zero-order valence-corrected chi connectivity index (χ0v) is 9.37. The Hall–Kier alpha value is -1.35. The fraction of sp³-hybridized carbons (Fsp3) is 0.385. The molecule has 1 aliphatic carbocycles. The van der Waals surface area contributed by atoms with Crippen LogP contribution in [0.2, 0.25) is 0 Å². The van der Waals surface area contributed by atoms with E-state index in [4.69, 9.17) is 4.74 Å². The number of nitrogens with one attached hydrogen (secondary N) is 1. The van der Waals surface area contributed by atoms with Crippen LogP contribution >= 0.6 is 0 Å². The van der Waals surface area contributed by atoms with Gasteiger partial charge in [0.1, 0.15) is 0 Å². The van der Waals surface area contributed by atoms with Gasteiger partial charge in [0.15, 0.2) is 11.6 Å². The first kappa shape index (κ1) is 11.1. The van der Waals surface area contributed by atoms with Crippen molar-refractivity contribution < 1.29 is 9.13 Å². The molecule has 0 unspecified atom stereocenters. The Morgan fingerprint density at radius 1 is 1.38 bits per heavy atom. The van der Waals surface area contributed by atoms with Crippen LogP contribution in [0, 0.1) is 5.82 Å². The van der Waals surface area contributed by atoms with Crippen LogP contribution < -0.4 is 10.1 Å². The molecular weight excluding hydrogens is 205 g/mol. The van der Waals surface area contributed by atoms with Gasteiger partial charge < -0.3 is 10.1 Å². The number of ether oxygens (including phenoxy) is 1. The highest BCUT2D eigenvalue weighted by Crippen LogP contribution is 2.20. The van der Waals surface area contributed by atoms with Gasteiger partial charge in [-0.05, 0) is 18.9 Å². The third kappa shape index (κ3) is 2.42. The molecule has 1 N–H and O–H groups in total. The number of halogens is 1. The number of methoxy groups -OCH3 is 1. The lowest BCUT2D eigenvalue weighted by Gasteiger charge is -2.13. The van der Waals surface area contributed by atoms with E-state index in [9.17, 15) is 4.39 Å². The minimum atomic E-state index is -0.261. The molecule has 16 heavy (non-hydrogen) atoms. The second-order valence-electron chi connectivity index (χ2n) is 3.95. The lowest BCUT2D eigenvalue weighted by Crippen LogP contribution is -2.26. The largest absolute Gasteiger partial charge is 0.494 e. The van der Waals surface area contributed by atoms with E-state index in [1.807, 2.05) is 6.07 Å². The summed E-state index contributed by atoms with van der Waals surface area (Å²) in [5.41, 5.74) is 0.659. The van der Waals surface area contributed by atoms with Gasteiger partial charge in [-0.3, -0.25) is 0 Å². The standard InChI is InChI=1S/C13H16FNO/c1-16-12-8-4-5-10(13(12)14)9-15-11-6-2-3-7-11/h2-5,8,11,15H,6-7,9H2,1H3. The van der Waals surface area contributed by atoms with Crippen LogP contribution in [-0.2, 0) is 6.54 Å². The first-order valence-electron chi connectivity index (χ1n) is 5.51. The maximum absolute atomic E-state index is 13.8. The van der Waals surface area contributed by atoms with Gasteiger partial charge >= 0.3 is 0 Å². The van der Waals surface area contributed by atoms with E-state index in [1.54, 1.807) is 12.1 Å². The zero-order chi connectivity index (χ0) is 11.4. The van der Waals surface area contributed by atoms with Crippen molar-refractivity contribution in [2.45, 2.75) is 25.4 Å². The van der Waals surface area contributed by atoms with Crippen molar-refractivity contribution in [2.24, 2.45) is 0 Å². The topological polar surface area (TPSA) is 21.3 Å². The van der Waals surface area contributed by atoms with Crippen molar-refractivity contribution in [3.63, 3.8) is 0 Å². The quantitative estimate of drug-likeness (QED) is 0.789. The van der Waals surface area contributed by atoms with E-state index in [0.29, 0.717) is 23.9 Å². The average molecular weight is 221 g/mol. The SMILES string of the molecule is COc1cccc(CNC2CC=CC2)c1F. The van der Waals surface area contributed by atoms with Crippen molar-refractivity contribution in [2.75, 3.05) is 7.11 Å². The fourth-order valence-corrected chi connectivity index (χ4v) is 1.89. The smallest absolute Gasteiger partial charge is 0.169 e. The molecule has 0 saturated heterocycles. The van der Waals surface area contributed by atoms with Crippen molar-refractivity contribution >= 4 is 0 Å². The molecule has 1 aromatic rings. The maximum Gasteiger partial charge on any atom is 0.169 e. The van der Waals surface area contributed by atoms with Gasteiger partial charge in [-0.15, -0.1) is 0 Å². The summed E-state index contributed by atoms with van der Waals surface area (Å²) >= 11 is 0. The van der Waals surface area contributed by atoms with E-state index in [0.717, 1.165) is 12.8 Å². The highest BCUT2D eigenvalue weighted by molar-refractivity contribution is 5.31. The summed E-state index contributed by atoms with van der Waals surface area (Å²) in [6.45, 7) is 0.551. The van der Waals surface area contributed by atoms with E-state index in [-0.39, 0.29) is 5.82 Å². The Balaban J connectivity index is 1.98. The molecule has 0 aromatic heterocycles. The summed E-state index contributed by atoms with van der Waals surface area (Å²) in [5.74, 6) is 0.0484. The van der Waals surface area contributed by atoms with Crippen LogP contribution in [-0.4, -0.2) is 13.2 Å². The van der Waals surface area contributed by atoms with Gasteiger partial charge in [0.25, 0.3) is 0 Å². The average Bonchev–Trinajstić information content (AvgIpc) is 2.81. The van der Waals surface area contributed by atoms with Crippen molar-refractivity contribution in [1.29, 1.82) is 0 Å². The number of rotatable bonds is 4. The predicted octanol–water partition coefficient (Wildman–Crippen LogP) is 2.64. The molecule has 0 spiro atoms. The molecule has 0 radical (unpaired) electrons. The van der Waals surface area contributed by atoms with E-state index < -0.39 is 0 Å². The van der Waals surface area contributed by atoms with Crippen molar-refractivity contribution in [1.82, 2.24) is 5.32 Å². The predicted molar refractivity (Wildman–Crippen MR) is 62.0 cm³/mol. The normalized spacial score (nSPS) is 15.6. The van der Waals surface area contributed by atoms with Gasteiger partial charge in [-0.1, -0.05) is 24.3 Å². The van der Waals surface area contributed by atoms with E-state index >= 15 is 0 Å². The molecule has 0 fully saturated rings. The van der Waals surface area contributed by atoms with Crippen LogP contribution in [0.3, 0.4) is 0 Å². The summed E-state index contributed by atoms with van der Waals surface area (Å²) < 4.78 is 18.7. The lowest BCUT2D eigenvalue weighted by molar-refractivity contribution is 0.382. The van der Waals surface area contributed by atoms with Gasteiger partial charge in [0, 0.05) is 18.2 Å². The van der Waals surface area contributed by atoms with E-state index in [1.165, 1.54) is 7.11 Å². The highest BCUT2D eigenvalue weighted by Gasteiger charge is 2.12. The second kappa shape index (κ2) is 5.12. The summed E-state index contributed by atoms with van der Waals surface area (Å²) in [6.07, 6.45) is 6.37. The lowest BCUT2D eigenvalue weighted by atomic mass is 10.1. The Morgan fingerprint density at radius 3 is 2.81 bits per heavy atom. The Kier molecular flexibility index (Phi) is 3.57. The molecule has 0 heterocycles. The van der Waals surface area contributed by atoms with Gasteiger partial charge in [-0.2, -0.15) is 0 Å². The summed E-state index contributed by atoms with van der Waals surface area (Å²) in [5, 5.41) is 3.33. The summed E-state index contributed by atoms with van der Waals surface area (Å²) in [4.78, 5) is 0. The Morgan fingerprint density at radius 2 is 2.12 bits per heavy atom. The third-order valence-electron chi connectivity index (χ3n) is 2.85. The number of hydrogen-bond donors (Lipinski definition) is 1. The molecule has 1 aliphatic rings. The monoisotopic (exact) mass is 221 g/mol. The van der Waals surface area contributed by atoms with Crippen molar-refractivity contribution in [3.05, 3.63) is 41.7 Å². The number of benzene rings is 1. The van der Waals surface area contributed by atoms with Gasteiger partial charge in [-0.25, -0.2) is 4.39 Å². The molecule has 86 valence electrons. The highest BCUT2D eigenvalue weighted by atomic mass is 19.1. The minimum Gasteiger partial charge on any atom is -0.494 e.